The van der Waals surface area contributed by atoms with Gasteiger partial charge < -0.3 is 11.1 Å². The molecule has 0 unspecified atom stereocenters. The molecule has 2 aromatic heterocycles. The summed E-state index contributed by atoms with van der Waals surface area (Å²) in [7, 11) is 0. The number of benzene rings is 1. The quantitative estimate of drug-likeness (QED) is 0.493. The molecule has 132 valence electrons. The van der Waals surface area contributed by atoms with Crippen LogP contribution in [0.15, 0.2) is 55.1 Å². The van der Waals surface area contributed by atoms with E-state index in [1.807, 2.05) is 24.3 Å². The van der Waals surface area contributed by atoms with Crippen molar-refractivity contribution >= 4 is 34.8 Å². The van der Waals surface area contributed by atoms with Gasteiger partial charge in [0.1, 0.15) is 12.0 Å². The number of carbonyl (C=O) groups excluding carboxylic acids is 1. The molecule has 0 fully saturated rings. The van der Waals surface area contributed by atoms with Crippen LogP contribution >= 0.6 is 11.6 Å². The van der Waals surface area contributed by atoms with Crippen molar-refractivity contribution < 1.29 is 4.79 Å². The van der Waals surface area contributed by atoms with Gasteiger partial charge in [-0.3, -0.25) is 20.6 Å². The zero-order valence-corrected chi connectivity index (χ0v) is 14.4. The summed E-state index contributed by atoms with van der Waals surface area (Å²) >= 11 is 6.14. The van der Waals surface area contributed by atoms with Crippen LogP contribution < -0.4 is 21.9 Å². The van der Waals surface area contributed by atoms with Crippen LogP contribution in [0.25, 0.3) is 0 Å². The molecule has 9 heteroatoms. The molecule has 3 rings (SSSR count). The molecule has 0 spiro atoms. The summed E-state index contributed by atoms with van der Waals surface area (Å²) < 4.78 is 0. The van der Waals surface area contributed by atoms with Crippen molar-refractivity contribution in [3.05, 3.63) is 71.3 Å². The Balaban J connectivity index is 1.65. The Morgan fingerprint density at radius 1 is 1.12 bits per heavy atom. The van der Waals surface area contributed by atoms with Gasteiger partial charge in [0.2, 0.25) is 0 Å². The lowest BCUT2D eigenvalue weighted by atomic mass is 10.2. The first-order chi connectivity index (χ1) is 12.6. The van der Waals surface area contributed by atoms with E-state index in [0.29, 0.717) is 22.9 Å². The van der Waals surface area contributed by atoms with Gasteiger partial charge in [-0.15, -0.1) is 0 Å². The van der Waals surface area contributed by atoms with Crippen molar-refractivity contribution in [1.82, 2.24) is 20.4 Å². The van der Waals surface area contributed by atoms with Crippen molar-refractivity contribution in [2.45, 2.75) is 6.54 Å². The summed E-state index contributed by atoms with van der Waals surface area (Å²) in [6, 6.07) is 10.8. The molecule has 0 aliphatic rings. The van der Waals surface area contributed by atoms with Gasteiger partial charge in [0.15, 0.2) is 11.6 Å². The maximum atomic E-state index is 12.0. The van der Waals surface area contributed by atoms with Crippen molar-refractivity contribution in [3.8, 4) is 0 Å². The predicted octanol–water partition coefficient (Wildman–Crippen LogP) is 2.48. The zero-order chi connectivity index (χ0) is 18.4. The number of amides is 1. The monoisotopic (exact) mass is 369 g/mol. The maximum Gasteiger partial charge on any atom is 0.271 e. The summed E-state index contributed by atoms with van der Waals surface area (Å²) in [5.41, 5.74) is 12.9. The molecular weight excluding hydrogens is 354 g/mol. The van der Waals surface area contributed by atoms with Crippen molar-refractivity contribution in [2.75, 3.05) is 16.5 Å². The summed E-state index contributed by atoms with van der Waals surface area (Å²) in [5, 5.41) is 3.75. The smallest absolute Gasteiger partial charge is 0.271 e. The van der Waals surface area contributed by atoms with E-state index < -0.39 is 0 Å². The number of hydrazine groups is 1. The van der Waals surface area contributed by atoms with Crippen molar-refractivity contribution in [2.24, 2.45) is 0 Å². The van der Waals surface area contributed by atoms with E-state index in [0.717, 1.165) is 5.56 Å². The number of rotatable bonds is 6. The number of nitrogens with two attached hydrogens (primary N) is 1. The standard InChI is InChI=1S/C17H16ClN7O/c18-13-6-2-1-4-11(13)9-21-15-14(19)16(23-10-22-15)24-25-17(26)12-5-3-7-20-8-12/h1-8,10H,9,19H2,(H,25,26)(H2,21,22,23,24). The lowest BCUT2D eigenvalue weighted by molar-refractivity contribution is 0.0962. The summed E-state index contributed by atoms with van der Waals surface area (Å²) in [5.74, 6) is 0.346. The number of nitrogens with one attached hydrogen (secondary N) is 3. The molecule has 1 amide bonds. The van der Waals surface area contributed by atoms with Gasteiger partial charge in [0, 0.05) is 24.0 Å². The number of pyridine rings is 1. The molecule has 3 aromatic rings. The number of hydrogen-bond donors (Lipinski definition) is 4. The lowest BCUT2D eigenvalue weighted by Crippen LogP contribution is -2.30. The van der Waals surface area contributed by atoms with Gasteiger partial charge in [-0.05, 0) is 23.8 Å². The van der Waals surface area contributed by atoms with Crippen LogP contribution in [0.1, 0.15) is 15.9 Å². The minimum absolute atomic E-state index is 0.269. The van der Waals surface area contributed by atoms with Crippen LogP contribution in [0.3, 0.4) is 0 Å². The molecule has 0 aliphatic heterocycles. The van der Waals surface area contributed by atoms with Gasteiger partial charge in [-0.25, -0.2) is 9.97 Å². The van der Waals surface area contributed by atoms with Crippen LogP contribution in [-0.4, -0.2) is 20.9 Å². The molecule has 8 nitrogen and oxygen atoms in total. The first kappa shape index (κ1) is 17.4. The molecule has 0 bridgehead atoms. The van der Waals surface area contributed by atoms with Gasteiger partial charge >= 0.3 is 0 Å². The van der Waals surface area contributed by atoms with Gasteiger partial charge in [-0.1, -0.05) is 29.8 Å². The number of hydrogen-bond acceptors (Lipinski definition) is 7. The fraction of sp³-hybridized carbons (Fsp3) is 0.0588. The Kier molecular flexibility index (Phi) is 5.45. The molecule has 26 heavy (non-hydrogen) atoms. The Bertz CT molecular complexity index is 905. The van der Waals surface area contributed by atoms with Crippen LogP contribution in [0.4, 0.5) is 17.3 Å². The fourth-order valence-corrected chi connectivity index (χ4v) is 2.34. The third-order valence-corrected chi connectivity index (χ3v) is 3.87. The number of aromatic nitrogens is 3. The summed E-state index contributed by atoms with van der Waals surface area (Å²) in [6.45, 7) is 0.447. The highest BCUT2D eigenvalue weighted by Gasteiger charge is 2.10. The van der Waals surface area contributed by atoms with E-state index >= 15 is 0 Å². The number of anilines is 3. The highest BCUT2D eigenvalue weighted by molar-refractivity contribution is 6.31. The molecular formula is C17H16ClN7O. The first-order valence-electron chi connectivity index (χ1n) is 7.69. The second-order valence-corrected chi connectivity index (χ2v) is 5.66. The van der Waals surface area contributed by atoms with E-state index in [-0.39, 0.29) is 17.4 Å². The SMILES string of the molecule is Nc1c(NCc2ccccc2Cl)ncnc1NNC(=O)c1cccnc1. The zero-order valence-electron chi connectivity index (χ0n) is 13.6. The second kappa shape index (κ2) is 8.13. The average molecular weight is 370 g/mol. The van der Waals surface area contributed by atoms with E-state index in [9.17, 15) is 4.79 Å². The largest absolute Gasteiger partial charge is 0.393 e. The minimum Gasteiger partial charge on any atom is -0.393 e. The molecule has 0 saturated heterocycles. The molecule has 0 atom stereocenters. The Hall–Kier alpha value is -3.39. The van der Waals surface area contributed by atoms with Gasteiger partial charge in [-0.2, -0.15) is 0 Å². The molecule has 0 aliphatic carbocycles. The van der Waals surface area contributed by atoms with E-state index in [1.54, 1.807) is 18.3 Å². The van der Waals surface area contributed by atoms with Gasteiger partial charge in [0.05, 0.1) is 5.56 Å². The van der Waals surface area contributed by atoms with Crippen LogP contribution in [0, 0.1) is 0 Å². The summed E-state index contributed by atoms with van der Waals surface area (Å²) in [6.07, 6.45) is 4.38. The van der Waals surface area contributed by atoms with Crippen LogP contribution in [0.5, 0.6) is 0 Å². The highest BCUT2D eigenvalue weighted by Crippen LogP contribution is 2.23. The lowest BCUT2D eigenvalue weighted by Gasteiger charge is -2.13. The molecule has 0 radical (unpaired) electrons. The predicted molar refractivity (Wildman–Crippen MR) is 101 cm³/mol. The number of halogens is 1. The van der Waals surface area contributed by atoms with Crippen LogP contribution in [0.2, 0.25) is 5.02 Å². The number of nitrogens with zero attached hydrogens (tertiary/aromatic N) is 3. The van der Waals surface area contributed by atoms with Gasteiger partial charge in [0.25, 0.3) is 5.91 Å². The molecule has 0 saturated carbocycles. The average Bonchev–Trinajstić information content (AvgIpc) is 2.68. The van der Waals surface area contributed by atoms with Crippen LogP contribution in [-0.2, 0) is 6.54 Å². The van der Waals surface area contributed by atoms with Crippen molar-refractivity contribution in [1.29, 1.82) is 0 Å². The Morgan fingerprint density at radius 3 is 2.69 bits per heavy atom. The highest BCUT2D eigenvalue weighted by atomic mass is 35.5. The van der Waals surface area contributed by atoms with Crippen molar-refractivity contribution in [3.63, 3.8) is 0 Å². The number of carbonyl (C=O) groups is 1. The minimum atomic E-state index is -0.360. The first-order valence-corrected chi connectivity index (χ1v) is 8.07. The Labute approximate surface area is 154 Å². The molecule has 1 aromatic carbocycles. The Morgan fingerprint density at radius 2 is 1.92 bits per heavy atom. The molecule has 5 N–H and O–H groups in total. The third kappa shape index (κ3) is 4.17. The van der Waals surface area contributed by atoms with E-state index in [4.69, 9.17) is 17.3 Å². The molecule has 2 heterocycles. The summed E-state index contributed by atoms with van der Waals surface area (Å²) in [4.78, 5) is 24.1. The third-order valence-electron chi connectivity index (χ3n) is 3.51. The second-order valence-electron chi connectivity index (χ2n) is 5.25. The van der Waals surface area contributed by atoms with E-state index in [1.165, 1.54) is 12.5 Å². The van der Waals surface area contributed by atoms with E-state index in [2.05, 4.69) is 31.1 Å². The number of nitrogen functional groups attached to an aromatic ring is 1. The normalized spacial score (nSPS) is 10.2. The fourth-order valence-electron chi connectivity index (χ4n) is 2.14. The maximum absolute atomic E-state index is 12.0. The topological polar surface area (TPSA) is 118 Å².